The first kappa shape index (κ1) is 12.2. The number of rotatable bonds is 0. The molecule has 2 heterocycles. The van der Waals surface area contributed by atoms with E-state index < -0.39 is 6.10 Å². The van der Waals surface area contributed by atoms with Gasteiger partial charge in [-0.1, -0.05) is 18.2 Å². The number of benzene rings is 1. The number of phenols is 1. The summed E-state index contributed by atoms with van der Waals surface area (Å²) < 4.78 is 6.04. The lowest BCUT2D eigenvalue weighted by molar-refractivity contribution is 0.0822. The maximum Gasteiger partial charge on any atom is 0.165 e. The van der Waals surface area contributed by atoms with E-state index >= 15 is 0 Å². The standard InChI is InChI=1S/C16H19NO3/c1-17-7-6-16-5-4-11(18)8-13(16)20-15-12(19)3-2-10(9-17)14(15)16/h2-5,11,13,18-19H,6-9H2,1H3/t11-,13-,16+/m0/s1. The second-order valence-corrected chi connectivity index (χ2v) is 6.24. The van der Waals surface area contributed by atoms with Crippen LogP contribution in [0.2, 0.25) is 0 Å². The predicted molar refractivity (Wildman–Crippen MR) is 74.9 cm³/mol. The lowest BCUT2D eigenvalue weighted by Gasteiger charge is -2.35. The van der Waals surface area contributed by atoms with Gasteiger partial charge in [-0.25, -0.2) is 0 Å². The normalized spacial score (nSPS) is 35.1. The molecule has 0 aromatic heterocycles. The smallest absolute Gasteiger partial charge is 0.165 e. The van der Waals surface area contributed by atoms with E-state index in [4.69, 9.17) is 4.74 Å². The largest absolute Gasteiger partial charge is 0.504 e. The Hall–Kier alpha value is -1.52. The third-order valence-electron chi connectivity index (χ3n) is 4.94. The van der Waals surface area contributed by atoms with E-state index in [0.29, 0.717) is 12.2 Å². The Bertz CT molecular complexity index is 598. The molecule has 4 rings (SSSR count). The van der Waals surface area contributed by atoms with Crippen LogP contribution in [-0.4, -0.2) is 40.9 Å². The molecule has 0 amide bonds. The Morgan fingerprint density at radius 1 is 1.40 bits per heavy atom. The van der Waals surface area contributed by atoms with Crippen molar-refractivity contribution in [1.82, 2.24) is 4.90 Å². The first-order valence-electron chi connectivity index (χ1n) is 7.18. The number of ether oxygens (including phenoxy) is 1. The van der Waals surface area contributed by atoms with Crippen LogP contribution in [0.15, 0.2) is 24.3 Å². The van der Waals surface area contributed by atoms with Crippen LogP contribution < -0.4 is 4.74 Å². The Kier molecular flexibility index (Phi) is 2.44. The van der Waals surface area contributed by atoms with Crippen molar-refractivity contribution in [2.75, 3.05) is 13.6 Å². The van der Waals surface area contributed by atoms with Gasteiger partial charge in [-0.3, -0.25) is 0 Å². The molecule has 4 nitrogen and oxygen atoms in total. The fourth-order valence-electron chi connectivity index (χ4n) is 3.93. The van der Waals surface area contributed by atoms with Gasteiger partial charge in [0.1, 0.15) is 6.10 Å². The minimum Gasteiger partial charge on any atom is -0.504 e. The van der Waals surface area contributed by atoms with Crippen LogP contribution in [0.1, 0.15) is 24.0 Å². The summed E-state index contributed by atoms with van der Waals surface area (Å²) in [5, 5.41) is 20.0. The van der Waals surface area contributed by atoms with E-state index in [2.05, 4.69) is 18.0 Å². The topological polar surface area (TPSA) is 52.9 Å². The fourth-order valence-corrected chi connectivity index (χ4v) is 3.93. The van der Waals surface area contributed by atoms with Crippen LogP contribution in [0.5, 0.6) is 11.5 Å². The molecular weight excluding hydrogens is 254 g/mol. The van der Waals surface area contributed by atoms with Gasteiger partial charge in [0.05, 0.1) is 11.5 Å². The molecule has 1 spiro atoms. The van der Waals surface area contributed by atoms with Crippen molar-refractivity contribution < 1.29 is 14.9 Å². The quantitative estimate of drug-likeness (QED) is 0.704. The highest BCUT2D eigenvalue weighted by Crippen LogP contribution is 2.55. The Balaban J connectivity index is 1.96. The average Bonchev–Trinajstić information content (AvgIpc) is 2.68. The summed E-state index contributed by atoms with van der Waals surface area (Å²) in [6, 6.07) is 3.72. The second-order valence-electron chi connectivity index (χ2n) is 6.24. The molecule has 0 radical (unpaired) electrons. The molecule has 1 aromatic rings. The minimum atomic E-state index is -0.452. The molecule has 3 aliphatic rings. The number of aliphatic hydroxyl groups is 1. The molecule has 3 atom stereocenters. The summed E-state index contributed by atoms with van der Waals surface area (Å²) in [6.45, 7) is 1.85. The zero-order valence-electron chi connectivity index (χ0n) is 11.5. The number of hydrogen-bond donors (Lipinski definition) is 2. The molecule has 4 heteroatoms. The maximum atomic E-state index is 10.1. The Morgan fingerprint density at radius 2 is 2.25 bits per heavy atom. The highest BCUT2D eigenvalue weighted by molar-refractivity contribution is 5.60. The SMILES string of the molecule is CN1CC[C@]23C=C[C@H](O)C[C@@H]2Oc2c(O)ccc(c23)C1. The molecular formula is C16H19NO3. The number of aromatic hydroxyl groups is 1. The van der Waals surface area contributed by atoms with Gasteiger partial charge >= 0.3 is 0 Å². The number of phenolic OH excluding ortho intramolecular Hbond substituents is 1. The number of hydrogen-bond acceptors (Lipinski definition) is 4. The summed E-state index contributed by atoms with van der Waals surface area (Å²) in [4.78, 5) is 2.30. The third kappa shape index (κ3) is 1.49. The Morgan fingerprint density at radius 3 is 3.10 bits per heavy atom. The maximum absolute atomic E-state index is 10.1. The molecule has 20 heavy (non-hydrogen) atoms. The summed E-state index contributed by atoms with van der Waals surface area (Å²) in [7, 11) is 2.12. The van der Waals surface area contributed by atoms with Crippen LogP contribution in [-0.2, 0) is 12.0 Å². The van der Waals surface area contributed by atoms with Gasteiger partial charge < -0.3 is 19.8 Å². The molecule has 1 aromatic carbocycles. The van der Waals surface area contributed by atoms with E-state index in [1.54, 1.807) is 6.07 Å². The van der Waals surface area contributed by atoms with Crippen LogP contribution in [0.25, 0.3) is 0 Å². The van der Waals surface area contributed by atoms with Gasteiger partial charge in [0.2, 0.25) is 0 Å². The van der Waals surface area contributed by atoms with Crippen molar-refractivity contribution in [2.45, 2.75) is 37.0 Å². The van der Waals surface area contributed by atoms with Gasteiger partial charge in [-0.15, -0.1) is 0 Å². The van der Waals surface area contributed by atoms with E-state index in [-0.39, 0.29) is 17.3 Å². The number of aliphatic hydroxyl groups excluding tert-OH is 1. The molecule has 0 fully saturated rings. The zero-order chi connectivity index (χ0) is 13.9. The fraction of sp³-hybridized carbons (Fsp3) is 0.500. The molecule has 0 bridgehead atoms. The monoisotopic (exact) mass is 273 g/mol. The van der Waals surface area contributed by atoms with Crippen LogP contribution in [0, 0.1) is 0 Å². The average molecular weight is 273 g/mol. The highest BCUT2D eigenvalue weighted by atomic mass is 16.5. The van der Waals surface area contributed by atoms with Crippen LogP contribution in [0.4, 0.5) is 0 Å². The molecule has 0 unspecified atom stereocenters. The van der Waals surface area contributed by atoms with Gasteiger partial charge in [-0.05, 0) is 31.6 Å². The zero-order valence-corrected chi connectivity index (χ0v) is 11.5. The third-order valence-corrected chi connectivity index (χ3v) is 4.94. The molecule has 0 saturated heterocycles. The van der Waals surface area contributed by atoms with Gasteiger partial charge in [0.25, 0.3) is 0 Å². The van der Waals surface area contributed by atoms with Crippen molar-refractivity contribution >= 4 is 0 Å². The van der Waals surface area contributed by atoms with E-state index in [1.807, 2.05) is 12.1 Å². The predicted octanol–water partition coefficient (Wildman–Crippen LogP) is 1.55. The first-order chi connectivity index (χ1) is 9.60. The molecule has 1 aliphatic carbocycles. The summed E-state index contributed by atoms with van der Waals surface area (Å²) >= 11 is 0. The van der Waals surface area contributed by atoms with Gasteiger partial charge in [0, 0.05) is 18.5 Å². The molecule has 2 aliphatic heterocycles. The summed E-state index contributed by atoms with van der Waals surface area (Å²) in [5.41, 5.74) is 2.17. The summed E-state index contributed by atoms with van der Waals surface area (Å²) in [5.74, 6) is 0.839. The van der Waals surface area contributed by atoms with Crippen LogP contribution in [0.3, 0.4) is 0 Å². The van der Waals surface area contributed by atoms with Crippen molar-refractivity contribution in [3.8, 4) is 11.5 Å². The van der Waals surface area contributed by atoms with Gasteiger partial charge in [0.15, 0.2) is 11.5 Å². The van der Waals surface area contributed by atoms with Gasteiger partial charge in [-0.2, -0.15) is 0 Å². The van der Waals surface area contributed by atoms with Crippen LogP contribution >= 0.6 is 0 Å². The van der Waals surface area contributed by atoms with Crippen molar-refractivity contribution in [3.63, 3.8) is 0 Å². The lowest BCUT2D eigenvalue weighted by atomic mass is 9.69. The highest BCUT2D eigenvalue weighted by Gasteiger charge is 2.52. The first-order valence-corrected chi connectivity index (χ1v) is 7.18. The van der Waals surface area contributed by atoms with E-state index in [0.717, 1.165) is 25.1 Å². The van der Waals surface area contributed by atoms with Crippen molar-refractivity contribution in [2.24, 2.45) is 0 Å². The molecule has 2 N–H and O–H groups in total. The molecule has 106 valence electrons. The second kappa shape index (κ2) is 3.99. The summed E-state index contributed by atoms with van der Waals surface area (Å²) in [6.07, 6.45) is 5.02. The molecule has 0 saturated carbocycles. The number of nitrogens with zero attached hydrogens (tertiary/aromatic N) is 1. The van der Waals surface area contributed by atoms with Crippen molar-refractivity contribution in [1.29, 1.82) is 0 Å². The minimum absolute atomic E-state index is 0.0731. The van der Waals surface area contributed by atoms with E-state index in [9.17, 15) is 10.2 Å². The van der Waals surface area contributed by atoms with Crippen molar-refractivity contribution in [3.05, 3.63) is 35.4 Å². The Labute approximate surface area is 118 Å². The lowest BCUT2D eigenvalue weighted by Crippen LogP contribution is -2.42. The van der Waals surface area contributed by atoms with E-state index in [1.165, 1.54) is 5.56 Å².